The highest BCUT2D eigenvalue weighted by Crippen LogP contribution is 2.27. The molecule has 2 aromatic heterocycles. The third-order valence-electron chi connectivity index (χ3n) is 4.06. The monoisotopic (exact) mass is 400 g/mol. The fraction of sp³-hybridized carbons (Fsp3) is 0.200. The molecule has 0 fully saturated rings. The lowest BCUT2D eigenvalue weighted by Crippen LogP contribution is -2.28. The number of aryl methyl sites for hydroxylation is 1. The first kappa shape index (κ1) is 19.7. The van der Waals surface area contributed by atoms with Crippen LogP contribution in [0.2, 0.25) is 0 Å². The maximum absolute atomic E-state index is 12.5. The van der Waals surface area contributed by atoms with E-state index in [2.05, 4.69) is 10.6 Å². The number of nitrogens with one attached hydrogen (secondary N) is 2. The van der Waals surface area contributed by atoms with Crippen molar-refractivity contribution in [3.63, 3.8) is 0 Å². The normalized spacial score (nSPS) is 11.7. The van der Waals surface area contributed by atoms with Gasteiger partial charge in [0, 0.05) is 6.54 Å². The summed E-state index contributed by atoms with van der Waals surface area (Å²) < 4.78 is 10.1. The first-order chi connectivity index (χ1) is 13.5. The average Bonchev–Trinajstić information content (AvgIpc) is 3.36. The number of carbonyl (C=O) groups is 2. The zero-order valence-corrected chi connectivity index (χ0v) is 16.2. The van der Waals surface area contributed by atoms with Crippen LogP contribution in [0.5, 0.6) is 5.75 Å². The molecule has 2 heterocycles. The molecule has 8 heteroatoms. The predicted molar refractivity (Wildman–Crippen MR) is 106 cm³/mol. The van der Waals surface area contributed by atoms with E-state index in [0.717, 1.165) is 16.9 Å². The lowest BCUT2D eigenvalue weighted by Gasteiger charge is -2.12. The van der Waals surface area contributed by atoms with Gasteiger partial charge >= 0.3 is 0 Å². The summed E-state index contributed by atoms with van der Waals surface area (Å²) in [5.41, 5.74) is 1.41. The zero-order valence-electron chi connectivity index (χ0n) is 15.4. The van der Waals surface area contributed by atoms with Crippen molar-refractivity contribution in [2.24, 2.45) is 0 Å². The van der Waals surface area contributed by atoms with Gasteiger partial charge in [-0.25, -0.2) is 0 Å². The number of carbonyl (C=O) groups excluding carboxylic acids is 2. The van der Waals surface area contributed by atoms with Crippen molar-refractivity contribution >= 4 is 28.2 Å². The van der Waals surface area contributed by atoms with E-state index >= 15 is 0 Å². The summed E-state index contributed by atoms with van der Waals surface area (Å²) in [4.78, 5) is 25.0. The molecule has 0 spiro atoms. The standard InChI is InChI=1S/C20H20N2O5S/c1-12-10-17(22-19(24)16-4-3-9-27-16)28-18(12)20(25)21-11-15(23)13-5-7-14(26-2)8-6-13/h3-10,15,23H,11H2,1-2H3,(H,21,25)(H,22,24). The number of aliphatic hydroxyl groups excluding tert-OH is 1. The fourth-order valence-corrected chi connectivity index (χ4v) is 3.55. The van der Waals surface area contributed by atoms with Crippen LogP contribution in [0.15, 0.2) is 53.1 Å². The van der Waals surface area contributed by atoms with Gasteiger partial charge < -0.3 is 24.9 Å². The number of thiophene rings is 1. The van der Waals surface area contributed by atoms with Gasteiger partial charge in [-0.2, -0.15) is 0 Å². The molecule has 1 atom stereocenters. The zero-order chi connectivity index (χ0) is 20.1. The Labute approximate surface area is 166 Å². The van der Waals surface area contributed by atoms with Gasteiger partial charge in [0.2, 0.25) is 0 Å². The van der Waals surface area contributed by atoms with Gasteiger partial charge in [-0.1, -0.05) is 12.1 Å². The van der Waals surface area contributed by atoms with Gasteiger partial charge in [-0.15, -0.1) is 11.3 Å². The van der Waals surface area contributed by atoms with Crippen LogP contribution < -0.4 is 15.4 Å². The summed E-state index contributed by atoms with van der Waals surface area (Å²) in [6.45, 7) is 1.85. The quantitative estimate of drug-likeness (QED) is 0.564. The third-order valence-corrected chi connectivity index (χ3v) is 5.21. The first-order valence-corrected chi connectivity index (χ1v) is 9.35. The topological polar surface area (TPSA) is 101 Å². The number of ether oxygens (including phenoxy) is 1. The number of rotatable bonds is 7. The van der Waals surface area contributed by atoms with Gasteiger partial charge in [0.1, 0.15) is 5.75 Å². The molecule has 146 valence electrons. The third kappa shape index (κ3) is 4.59. The summed E-state index contributed by atoms with van der Waals surface area (Å²) in [5.74, 6) is 0.194. The van der Waals surface area contributed by atoms with Gasteiger partial charge in [-0.3, -0.25) is 9.59 Å². The van der Waals surface area contributed by atoms with Crippen molar-refractivity contribution in [1.82, 2.24) is 5.32 Å². The van der Waals surface area contributed by atoms with Crippen LogP contribution >= 0.6 is 11.3 Å². The molecule has 2 amide bonds. The molecule has 7 nitrogen and oxygen atoms in total. The van der Waals surface area contributed by atoms with Crippen LogP contribution in [0.4, 0.5) is 5.00 Å². The Kier molecular flexibility index (Phi) is 6.13. The molecule has 0 aliphatic carbocycles. The first-order valence-electron chi connectivity index (χ1n) is 8.53. The van der Waals surface area contributed by atoms with Crippen LogP contribution in [0.1, 0.15) is 37.5 Å². The smallest absolute Gasteiger partial charge is 0.291 e. The van der Waals surface area contributed by atoms with E-state index < -0.39 is 6.10 Å². The second kappa shape index (κ2) is 8.73. The SMILES string of the molecule is COc1ccc(C(O)CNC(=O)c2sc(NC(=O)c3ccco3)cc2C)cc1. The van der Waals surface area contributed by atoms with Crippen molar-refractivity contribution in [1.29, 1.82) is 0 Å². The largest absolute Gasteiger partial charge is 0.497 e. The second-order valence-electron chi connectivity index (χ2n) is 6.05. The Bertz CT molecular complexity index is 948. The van der Waals surface area contributed by atoms with Crippen LogP contribution in [-0.4, -0.2) is 30.6 Å². The molecule has 3 aromatic rings. The molecule has 0 aliphatic rings. The summed E-state index contributed by atoms with van der Waals surface area (Å²) in [6, 6.07) is 11.9. The highest BCUT2D eigenvalue weighted by Gasteiger charge is 2.17. The molecular formula is C20H20N2O5S. The van der Waals surface area contributed by atoms with Crippen LogP contribution in [-0.2, 0) is 0 Å². The molecule has 0 saturated heterocycles. The van der Waals surface area contributed by atoms with Crippen LogP contribution in [0, 0.1) is 6.92 Å². The molecule has 0 radical (unpaired) electrons. The number of hydrogen-bond donors (Lipinski definition) is 3. The molecule has 3 rings (SSSR count). The Hall–Kier alpha value is -3.10. The summed E-state index contributed by atoms with van der Waals surface area (Å²) >= 11 is 1.16. The van der Waals surface area contributed by atoms with E-state index in [1.807, 2.05) is 0 Å². The van der Waals surface area contributed by atoms with Crippen molar-refractivity contribution in [2.75, 3.05) is 19.0 Å². The Morgan fingerprint density at radius 3 is 2.61 bits per heavy atom. The van der Waals surface area contributed by atoms with Gasteiger partial charge in [-0.05, 0) is 48.4 Å². The maximum atomic E-state index is 12.5. The summed E-state index contributed by atoms with van der Waals surface area (Å²) in [7, 11) is 1.57. The maximum Gasteiger partial charge on any atom is 0.291 e. The molecule has 0 bridgehead atoms. The van der Waals surface area contributed by atoms with Crippen LogP contribution in [0.3, 0.4) is 0 Å². The number of hydrogen-bond acceptors (Lipinski definition) is 6. The van der Waals surface area contributed by atoms with Gasteiger partial charge in [0.25, 0.3) is 11.8 Å². The predicted octanol–water partition coefficient (Wildman–Crippen LogP) is 3.37. The van der Waals surface area contributed by atoms with E-state index in [1.165, 1.54) is 6.26 Å². The van der Waals surface area contributed by atoms with Crippen molar-refractivity contribution in [3.05, 3.63) is 70.5 Å². The number of amides is 2. The second-order valence-corrected chi connectivity index (χ2v) is 7.11. The lowest BCUT2D eigenvalue weighted by molar-refractivity contribution is 0.0919. The lowest BCUT2D eigenvalue weighted by atomic mass is 10.1. The number of anilines is 1. The van der Waals surface area contributed by atoms with Crippen molar-refractivity contribution < 1.29 is 23.8 Å². The molecule has 1 unspecified atom stereocenters. The van der Waals surface area contributed by atoms with Crippen molar-refractivity contribution in [2.45, 2.75) is 13.0 Å². The van der Waals surface area contributed by atoms with Gasteiger partial charge in [0.15, 0.2) is 5.76 Å². The van der Waals surface area contributed by atoms with E-state index in [0.29, 0.717) is 21.2 Å². The van der Waals surface area contributed by atoms with E-state index in [4.69, 9.17) is 9.15 Å². The van der Waals surface area contributed by atoms with Crippen LogP contribution in [0.25, 0.3) is 0 Å². The fourth-order valence-electron chi connectivity index (χ4n) is 2.56. The molecule has 28 heavy (non-hydrogen) atoms. The minimum absolute atomic E-state index is 0.0661. The van der Waals surface area contributed by atoms with Gasteiger partial charge in [0.05, 0.1) is 29.4 Å². The minimum atomic E-state index is -0.840. The Morgan fingerprint density at radius 1 is 1.21 bits per heavy atom. The molecular weight excluding hydrogens is 380 g/mol. The number of methoxy groups -OCH3 is 1. The molecule has 3 N–H and O–H groups in total. The molecule has 1 aromatic carbocycles. The summed E-state index contributed by atoms with van der Waals surface area (Å²) in [5, 5.41) is 16.2. The number of aliphatic hydroxyl groups is 1. The molecule has 0 aliphatic heterocycles. The average molecular weight is 400 g/mol. The summed E-state index contributed by atoms with van der Waals surface area (Å²) in [6.07, 6.45) is 0.579. The minimum Gasteiger partial charge on any atom is -0.497 e. The highest BCUT2D eigenvalue weighted by molar-refractivity contribution is 7.18. The van der Waals surface area contributed by atoms with E-state index in [9.17, 15) is 14.7 Å². The highest BCUT2D eigenvalue weighted by atomic mass is 32.1. The number of benzene rings is 1. The van der Waals surface area contributed by atoms with E-state index in [1.54, 1.807) is 56.5 Å². The van der Waals surface area contributed by atoms with E-state index in [-0.39, 0.29) is 24.1 Å². The Morgan fingerprint density at radius 2 is 1.96 bits per heavy atom. The number of furan rings is 1. The van der Waals surface area contributed by atoms with Crippen molar-refractivity contribution in [3.8, 4) is 5.75 Å². The Balaban J connectivity index is 1.59. The molecule has 0 saturated carbocycles.